The standard InChI is InChI=1S/C21H31N5O4/c1-21(2)11-24(9-14(21)15(22)10-29-3)16-8-7-13-17(18(16)30-4)25(12-5-6-12)20(28)26(23)19(13)27/h7-8,12,14-15H,5-6,9-11,22-23H2,1-4H3/t14-,15+/m1/s1. The number of rotatable bonds is 6. The van der Waals surface area contributed by atoms with Crippen molar-refractivity contribution in [3.8, 4) is 5.75 Å². The predicted molar refractivity (Wildman–Crippen MR) is 117 cm³/mol. The van der Waals surface area contributed by atoms with Gasteiger partial charge in [0.1, 0.15) is 5.52 Å². The van der Waals surface area contributed by atoms with Crippen LogP contribution in [0, 0.1) is 11.3 Å². The Bertz CT molecular complexity index is 1090. The summed E-state index contributed by atoms with van der Waals surface area (Å²) in [6.45, 7) is 6.41. The number of nitrogen functional groups attached to an aromatic ring is 1. The molecule has 2 aromatic rings. The Labute approximate surface area is 175 Å². The number of nitrogens with two attached hydrogens (primary N) is 2. The lowest BCUT2D eigenvalue weighted by Gasteiger charge is -2.29. The summed E-state index contributed by atoms with van der Waals surface area (Å²) < 4.78 is 13.4. The van der Waals surface area contributed by atoms with E-state index >= 15 is 0 Å². The Balaban J connectivity index is 1.87. The van der Waals surface area contributed by atoms with Gasteiger partial charge >= 0.3 is 5.69 Å². The molecule has 4 rings (SSSR count). The average molecular weight is 418 g/mol. The number of fused-ring (bicyclic) bond motifs is 1. The SMILES string of the molecule is COC[C@H](N)[C@H]1CN(c2ccc3c(=O)n(N)c(=O)n(C4CC4)c3c2OC)CC1(C)C. The minimum Gasteiger partial charge on any atom is -0.492 e. The molecule has 164 valence electrons. The Morgan fingerprint density at radius 3 is 2.53 bits per heavy atom. The molecule has 2 fully saturated rings. The highest BCUT2D eigenvalue weighted by Crippen LogP contribution is 2.45. The van der Waals surface area contributed by atoms with E-state index in [1.54, 1.807) is 24.9 Å². The van der Waals surface area contributed by atoms with Crippen molar-refractivity contribution in [2.75, 3.05) is 44.7 Å². The summed E-state index contributed by atoms with van der Waals surface area (Å²) in [4.78, 5) is 27.7. The molecule has 1 saturated carbocycles. The van der Waals surface area contributed by atoms with Gasteiger partial charge in [-0.1, -0.05) is 13.8 Å². The molecule has 0 unspecified atom stereocenters. The number of hydrogen-bond acceptors (Lipinski definition) is 7. The maximum absolute atomic E-state index is 12.8. The molecule has 0 bridgehead atoms. The normalized spacial score (nSPS) is 21.9. The lowest BCUT2D eigenvalue weighted by atomic mass is 9.78. The molecule has 2 heterocycles. The van der Waals surface area contributed by atoms with Crippen molar-refractivity contribution in [3.05, 3.63) is 33.0 Å². The van der Waals surface area contributed by atoms with Crippen molar-refractivity contribution in [3.63, 3.8) is 0 Å². The summed E-state index contributed by atoms with van der Waals surface area (Å²) in [7, 11) is 3.23. The molecule has 2 atom stereocenters. The van der Waals surface area contributed by atoms with Gasteiger partial charge in [-0.3, -0.25) is 9.36 Å². The molecule has 0 amide bonds. The van der Waals surface area contributed by atoms with Crippen LogP contribution in [0.1, 0.15) is 32.7 Å². The molecule has 4 N–H and O–H groups in total. The highest BCUT2D eigenvalue weighted by Gasteiger charge is 2.43. The third-order valence-corrected chi connectivity index (χ3v) is 6.56. The van der Waals surface area contributed by atoms with Crippen LogP contribution in [0.25, 0.3) is 10.9 Å². The van der Waals surface area contributed by atoms with E-state index < -0.39 is 11.2 Å². The molecule has 0 radical (unpaired) electrons. The van der Waals surface area contributed by atoms with Crippen molar-refractivity contribution >= 4 is 16.6 Å². The number of benzene rings is 1. The maximum atomic E-state index is 12.8. The monoisotopic (exact) mass is 417 g/mol. The first-order chi connectivity index (χ1) is 14.2. The van der Waals surface area contributed by atoms with E-state index in [0.717, 1.165) is 31.6 Å². The first-order valence-electron chi connectivity index (χ1n) is 10.3. The third kappa shape index (κ3) is 3.16. The summed E-state index contributed by atoms with van der Waals surface area (Å²) in [5, 5.41) is 0.385. The quantitative estimate of drug-likeness (QED) is 0.663. The number of aromatic nitrogens is 2. The zero-order valence-electron chi connectivity index (χ0n) is 18.1. The number of nitrogens with zero attached hydrogens (tertiary/aromatic N) is 3. The van der Waals surface area contributed by atoms with Gasteiger partial charge in [0.05, 0.1) is 24.8 Å². The summed E-state index contributed by atoms with van der Waals surface area (Å²) in [5.74, 6) is 6.53. The number of hydrogen-bond donors (Lipinski definition) is 2. The summed E-state index contributed by atoms with van der Waals surface area (Å²) in [6, 6.07) is 3.57. The molecule has 9 nitrogen and oxygen atoms in total. The molecular formula is C21H31N5O4. The van der Waals surface area contributed by atoms with Crippen LogP contribution in [0.15, 0.2) is 21.7 Å². The van der Waals surface area contributed by atoms with Crippen molar-refractivity contribution < 1.29 is 9.47 Å². The number of methoxy groups -OCH3 is 2. The molecule has 30 heavy (non-hydrogen) atoms. The molecule has 1 aliphatic heterocycles. The van der Waals surface area contributed by atoms with E-state index in [4.69, 9.17) is 21.1 Å². The highest BCUT2D eigenvalue weighted by molar-refractivity contribution is 5.91. The van der Waals surface area contributed by atoms with Crippen LogP contribution >= 0.6 is 0 Å². The zero-order valence-corrected chi connectivity index (χ0v) is 18.1. The van der Waals surface area contributed by atoms with Crippen LogP contribution in [-0.4, -0.2) is 49.2 Å². The van der Waals surface area contributed by atoms with Crippen LogP contribution in [-0.2, 0) is 4.74 Å². The van der Waals surface area contributed by atoms with Gasteiger partial charge in [0.2, 0.25) is 0 Å². The second-order valence-corrected chi connectivity index (χ2v) is 9.17. The van der Waals surface area contributed by atoms with Gasteiger partial charge in [-0.2, -0.15) is 4.68 Å². The van der Waals surface area contributed by atoms with Gasteiger partial charge in [0.25, 0.3) is 5.56 Å². The molecule has 1 aromatic carbocycles. The van der Waals surface area contributed by atoms with Gasteiger partial charge < -0.3 is 25.9 Å². The molecule has 0 spiro atoms. The second kappa shape index (κ2) is 7.31. The molecular weight excluding hydrogens is 386 g/mol. The minimum absolute atomic E-state index is 0.0330. The molecule has 1 saturated heterocycles. The highest BCUT2D eigenvalue weighted by atomic mass is 16.5. The van der Waals surface area contributed by atoms with E-state index in [-0.39, 0.29) is 23.4 Å². The Morgan fingerprint density at radius 2 is 1.93 bits per heavy atom. The fraction of sp³-hybridized carbons (Fsp3) is 0.619. The van der Waals surface area contributed by atoms with Gasteiger partial charge in [-0.05, 0) is 30.4 Å². The first-order valence-corrected chi connectivity index (χ1v) is 10.3. The van der Waals surface area contributed by atoms with Crippen LogP contribution < -0.4 is 32.5 Å². The number of anilines is 1. The number of ether oxygens (including phenoxy) is 2. The Hall–Kier alpha value is -2.52. The smallest absolute Gasteiger partial charge is 0.350 e. The Morgan fingerprint density at radius 1 is 1.23 bits per heavy atom. The zero-order chi connectivity index (χ0) is 21.8. The maximum Gasteiger partial charge on any atom is 0.350 e. The van der Waals surface area contributed by atoms with Gasteiger partial charge in [0.15, 0.2) is 5.75 Å². The van der Waals surface area contributed by atoms with E-state index in [9.17, 15) is 9.59 Å². The van der Waals surface area contributed by atoms with Gasteiger partial charge in [-0.25, -0.2) is 4.79 Å². The van der Waals surface area contributed by atoms with Crippen molar-refractivity contribution in [2.45, 2.75) is 38.8 Å². The molecule has 1 aromatic heterocycles. The van der Waals surface area contributed by atoms with E-state index in [1.807, 2.05) is 6.07 Å². The van der Waals surface area contributed by atoms with Crippen LogP contribution in [0.4, 0.5) is 5.69 Å². The van der Waals surface area contributed by atoms with Crippen LogP contribution in [0.5, 0.6) is 5.75 Å². The Kier molecular flexibility index (Phi) is 5.06. The summed E-state index contributed by atoms with van der Waals surface area (Å²) in [6.07, 6.45) is 1.76. The van der Waals surface area contributed by atoms with E-state index in [2.05, 4.69) is 18.7 Å². The molecule has 9 heteroatoms. The summed E-state index contributed by atoms with van der Waals surface area (Å²) >= 11 is 0. The lowest BCUT2D eigenvalue weighted by molar-refractivity contribution is 0.130. The fourth-order valence-electron chi connectivity index (χ4n) is 4.89. The molecule has 1 aliphatic carbocycles. The average Bonchev–Trinajstić information content (AvgIpc) is 3.48. The van der Waals surface area contributed by atoms with Crippen molar-refractivity contribution in [1.29, 1.82) is 0 Å². The lowest BCUT2D eigenvalue weighted by Crippen LogP contribution is -2.44. The van der Waals surface area contributed by atoms with Crippen molar-refractivity contribution in [1.82, 2.24) is 9.24 Å². The van der Waals surface area contributed by atoms with Gasteiger partial charge in [0, 0.05) is 38.2 Å². The van der Waals surface area contributed by atoms with Crippen LogP contribution in [0.3, 0.4) is 0 Å². The van der Waals surface area contributed by atoms with Gasteiger partial charge in [-0.15, -0.1) is 0 Å². The first kappa shape index (κ1) is 20.7. The largest absolute Gasteiger partial charge is 0.492 e. The van der Waals surface area contributed by atoms with E-state index in [1.165, 1.54) is 0 Å². The van der Waals surface area contributed by atoms with Crippen LogP contribution in [0.2, 0.25) is 0 Å². The van der Waals surface area contributed by atoms with Crippen molar-refractivity contribution in [2.24, 2.45) is 17.1 Å². The topological polar surface area (TPSA) is 118 Å². The summed E-state index contributed by atoms with van der Waals surface area (Å²) in [5.41, 5.74) is 6.73. The minimum atomic E-state index is -0.515. The molecule has 2 aliphatic rings. The van der Waals surface area contributed by atoms with E-state index in [0.29, 0.717) is 27.9 Å². The second-order valence-electron chi connectivity index (χ2n) is 9.17. The predicted octanol–water partition coefficient (Wildman–Crippen LogP) is 0.657. The fourth-order valence-corrected chi connectivity index (χ4v) is 4.89. The third-order valence-electron chi connectivity index (χ3n) is 6.56.